The van der Waals surface area contributed by atoms with Crippen LogP contribution in [-0.4, -0.2) is 41.4 Å². The van der Waals surface area contributed by atoms with Crippen molar-refractivity contribution in [2.45, 2.75) is 58.5 Å². The van der Waals surface area contributed by atoms with Crippen LogP contribution in [0.1, 0.15) is 47.0 Å². The predicted octanol–water partition coefficient (Wildman–Crippen LogP) is 0.877. The first kappa shape index (κ1) is 16.0. The minimum Gasteiger partial charge on any atom is -0.348 e. The number of carbonyl (C=O) groups is 2. The Morgan fingerprint density at radius 3 is 2.58 bits per heavy atom. The number of carbonyl (C=O) groups excluding carboxylic acids is 2. The Labute approximate surface area is 115 Å². The second kappa shape index (κ2) is 6.37. The van der Waals surface area contributed by atoms with Crippen molar-refractivity contribution < 1.29 is 9.59 Å². The molecule has 2 amide bonds. The van der Waals surface area contributed by atoms with Gasteiger partial charge in [-0.25, -0.2) is 0 Å². The van der Waals surface area contributed by atoms with Crippen LogP contribution in [-0.2, 0) is 9.59 Å². The van der Waals surface area contributed by atoms with E-state index in [9.17, 15) is 9.59 Å². The smallest absolute Gasteiger partial charge is 0.243 e. The molecule has 0 bridgehead atoms. The first-order valence-electron chi connectivity index (χ1n) is 7.08. The molecule has 0 radical (unpaired) electrons. The van der Waals surface area contributed by atoms with Crippen molar-refractivity contribution in [1.29, 1.82) is 0 Å². The highest BCUT2D eigenvalue weighted by Crippen LogP contribution is 2.20. The topological polar surface area (TPSA) is 75.4 Å². The molecule has 0 spiro atoms. The summed E-state index contributed by atoms with van der Waals surface area (Å²) in [6.07, 6.45) is 2.47. The van der Waals surface area contributed by atoms with Crippen LogP contribution in [0.25, 0.3) is 0 Å². The van der Waals surface area contributed by atoms with Crippen molar-refractivity contribution in [1.82, 2.24) is 10.2 Å². The largest absolute Gasteiger partial charge is 0.348 e. The van der Waals surface area contributed by atoms with Gasteiger partial charge in [0.05, 0.1) is 0 Å². The summed E-state index contributed by atoms with van der Waals surface area (Å²) in [5, 5.41) is 3.04. The molecule has 1 heterocycles. The predicted molar refractivity (Wildman–Crippen MR) is 75.5 cm³/mol. The lowest BCUT2D eigenvalue weighted by Crippen LogP contribution is -2.57. The maximum Gasteiger partial charge on any atom is 0.243 e. The van der Waals surface area contributed by atoms with E-state index in [1.807, 2.05) is 6.92 Å². The van der Waals surface area contributed by atoms with Gasteiger partial charge in [-0.05, 0) is 32.1 Å². The number of rotatable bonds is 5. The molecule has 5 heteroatoms. The average Bonchev–Trinajstić information content (AvgIpc) is 2.76. The van der Waals surface area contributed by atoms with Crippen LogP contribution in [0.15, 0.2) is 0 Å². The van der Waals surface area contributed by atoms with E-state index in [1.54, 1.807) is 4.90 Å². The number of amides is 2. The summed E-state index contributed by atoms with van der Waals surface area (Å²) >= 11 is 0. The van der Waals surface area contributed by atoms with E-state index in [0.29, 0.717) is 19.0 Å². The van der Waals surface area contributed by atoms with E-state index >= 15 is 0 Å². The molecule has 0 aromatic rings. The molecular formula is C14H27N3O2. The fourth-order valence-electron chi connectivity index (χ4n) is 2.88. The van der Waals surface area contributed by atoms with E-state index in [4.69, 9.17) is 5.73 Å². The van der Waals surface area contributed by atoms with Gasteiger partial charge < -0.3 is 16.0 Å². The van der Waals surface area contributed by atoms with Gasteiger partial charge in [0, 0.05) is 25.6 Å². The zero-order chi connectivity index (χ0) is 14.6. The highest BCUT2D eigenvalue weighted by Gasteiger charge is 2.35. The lowest BCUT2D eigenvalue weighted by Gasteiger charge is -2.33. The molecule has 2 unspecified atom stereocenters. The second-order valence-electron chi connectivity index (χ2n) is 6.22. The Morgan fingerprint density at radius 2 is 2.11 bits per heavy atom. The number of nitrogens with two attached hydrogens (primary N) is 1. The van der Waals surface area contributed by atoms with Gasteiger partial charge in [-0.3, -0.25) is 9.59 Å². The Balaban J connectivity index is 2.69. The number of likely N-dealkylation sites (tertiary alicyclic amines) is 1. The van der Waals surface area contributed by atoms with Crippen molar-refractivity contribution in [3.8, 4) is 0 Å². The summed E-state index contributed by atoms with van der Waals surface area (Å²) in [4.78, 5) is 25.5. The highest BCUT2D eigenvalue weighted by molar-refractivity contribution is 5.87. The van der Waals surface area contributed by atoms with Gasteiger partial charge in [-0.15, -0.1) is 0 Å². The molecule has 2 atom stereocenters. The standard InChI is InChI=1S/C14H27N3O2/c1-10(2)8-14(4,9-15)16-13(19)12-6-5-7-17(12)11(3)18/h10,12H,5-9,15H2,1-4H3,(H,16,19). The Kier molecular flexibility index (Phi) is 5.35. The van der Waals surface area contributed by atoms with Crippen LogP contribution in [0, 0.1) is 5.92 Å². The normalized spacial score (nSPS) is 22.4. The monoisotopic (exact) mass is 269 g/mol. The molecule has 1 aliphatic heterocycles. The Morgan fingerprint density at radius 1 is 1.47 bits per heavy atom. The van der Waals surface area contributed by atoms with Crippen LogP contribution >= 0.6 is 0 Å². The van der Waals surface area contributed by atoms with Crippen LogP contribution in [0.5, 0.6) is 0 Å². The van der Waals surface area contributed by atoms with Crippen LogP contribution in [0.2, 0.25) is 0 Å². The summed E-state index contributed by atoms with van der Waals surface area (Å²) in [6.45, 7) is 8.79. The van der Waals surface area contributed by atoms with Gasteiger partial charge in [-0.2, -0.15) is 0 Å². The summed E-state index contributed by atoms with van der Waals surface area (Å²) in [6, 6.07) is -0.324. The van der Waals surface area contributed by atoms with E-state index in [2.05, 4.69) is 19.2 Å². The molecule has 5 nitrogen and oxygen atoms in total. The first-order valence-corrected chi connectivity index (χ1v) is 7.08. The average molecular weight is 269 g/mol. The summed E-state index contributed by atoms with van der Waals surface area (Å²) in [5.41, 5.74) is 5.41. The lowest BCUT2D eigenvalue weighted by molar-refractivity contribution is -0.137. The van der Waals surface area contributed by atoms with Gasteiger partial charge in [0.15, 0.2) is 0 Å². The molecule has 1 rings (SSSR count). The first-order chi connectivity index (χ1) is 8.79. The number of nitrogens with one attached hydrogen (secondary N) is 1. The van der Waals surface area contributed by atoms with Crippen molar-refractivity contribution in [2.24, 2.45) is 11.7 Å². The highest BCUT2D eigenvalue weighted by atomic mass is 16.2. The van der Waals surface area contributed by atoms with E-state index in [-0.39, 0.29) is 17.9 Å². The molecule has 0 aromatic carbocycles. The summed E-state index contributed by atoms with van der Waals surface area (Å²) < 4.78 is 0. The third-order valence-electron chi connectivity index (χ3n) is 3.69. The maximum absolute atomic E-state index is 12.4. The van der Waals surface area contributed by atoms with E-state index < -0.39 is 5.54 Å². The molecule has 19 heavy (non-hydrogen) atoms. The fourth-order valence-corrected chi connectivity index (χ4v) is 2.88. The fraction of sp³-hybridized carbons (Fsp3) is 0.857. The Hall–Kier alpha value is -1.10. The third-order valence-corrected chi connectivity index (χ3v) is 3.69. The minimum atomic E-state index is -0.393. The molecule has 0 aliphatic carbocycles. The molecule has 1 saturated heterocycles. The molecule has 0 saturated carbocycles. The quantitative estimate of drug-likeness (QED) is 0.778. The van der Waals surface area contributed by atoms with Gasteiger partial charge in [-0.1, -0.05) is 13.8 Å². The SMILES string of the molecule is CC(=O)N1CCCC1C(=O)NC(C)(CN)CC(C)C. The third kappa shape index (κ3) is 4.20. The van der Waals surface area contributed by atoms with Crippen LogP contribution in [0.4, 0.5) is 0 Å². The molecule has 1 fully saturated rings. The molecule has 3 N–H and O–H groups in total. The zero-order valence-electron chi connectivity index (χ0n) is 12.5. The van der Waals surface area contributed by atoms with Crippen molar-refractivity contribution in [2.75, 3.05) is 13.1 Å². The number of hydrogen-bond acceptors (Lipinski definition) is 3. The zero-order valence-corrected chi connectivity index (χ0v) is 12.5. The van der Waals surface area contributed by atoms with Crippen molar-refractivity contribution in [3.63, 3.8) is 0 Å². The van der Waals surface area contributed by atoms with E-state index in [0.717, 1.165) is 19.3 Å². The second-order valence-corrected chi connectivity index (χ2v) is 6.22. The molecular weight excluding hydrogens is 242 g/mol. The number of nitrogens with zero attached hydrogens (tertiary/aromatic N) is 1. The van der Waals surface area contributed by atoms with Gasteiger partial charge >= 0.3 is 0 Å². The summed E-state index contributed by atoms with van der Waals surface area (Å²) in [7, 11) is 0. The maximum atomic E-state index is 12.4. The van der Waals surface area contributed by atoms with Gasteiger partial charge in [0.1, 0.15) is 6.04 Å². The van der Waals surface area contributed by atoms with Crippen molar-refractivity contribution >= 4 is 11.8 Å². The molecule has 1 aliphatic rings. The number of hydrogen-bond donors (Lipinski definition) is 2. The molecule has 110 valence electrons. The van der Waals surface area contributed by atoms with Gasteiger partial charge in [0.2, 0.25) is 11.8 Å². The Bertz CT molecular complexity index is 344. The lowest BCUT2D eigenvalue weighted by atomic mass is 9.90. The summed E-state index contributed by atoms with van der Waals surface area (Å²) in [5.74, 6) is 0.360. The van der Waals surface area contributed by atoms with Crippen molar-refractivity contribution in [3.05, 3.63) is 0 Å². The van der Waals surface area contributed by atoms with Crippen LogP contribution in [0.3, 0.4) is 0 Å². The van der Waals surface area contributed by atoms with E-state index in [1.165, 1.54) is 6.92 Å². The molecule has 0 aromatic heterocycles. The van der Waals surface area contributed by atoms with Gasteiger partial charge in [0.25, 0.3) is 0 Å². The van der Waals surface area contributed by atoms with Crippen LogP contribution < -0.4 is 11.1 Å². The minimum absolute atomic E-state index is 0.0315.